The third-order valence-electron chi connectivity index (χ3n) is 3.27. The smallest absolute Gasteiger partial charge is 0.233 e. The van der Waals surface area contributed by atoms with Gasteiger partial charge in [0.1, 0.15) is 0 Å². The van der Waals surface area contributed by atoms with Gasteiger partial charge in [-0.05, 0) is 18.3 Å². The Kier molecular flexibility index (Phi) is 5.09. The van der Waals surface area contributed by atoms with Crippen molar-refractivity contribution in [2.24, 2.45) is 11.8 Å². The van der Waals surface area contributed by atoms with E-state index in [0.717, 1.165) is 12.5 Å². The Bertz CT molecular complexity index is 204. The second-order valence-corrected chi connectivity index (χ2v) is 5.01. The summed E-state index contributed by atoms with van der Waals surface area (Å²) >= 11 is 0. The van der Waals surface area contributed by atoms with Crippen LogP contribution in [0.15, 0.2) is 0 Å². The third-order valence-corrected chi connectivity index (χ3v) is 3.27. The monoisotopic (exact) mass is 212 g/mol. The molecule has 0 radical (unpaired) electrons. The van der Waals surface area contributed by atoms with Crippen molar-refractivity contribution >= 4 is 5.91 Å². The van der Waals surface area contributed by atoms with Crippen LogP contribution >= 0.6 is 0 Å². The zero-order chi connectivity index (χ0) is 11.3. The summed E-state index contributed by atoms with van der Waals surface area (Å²) in [7, 11) is 0. The Labute approximate surface area is 93.0 Å². The minimum Gasteiger partial charge on any atom is -0.355 e. The molecule has 1 rings (SSSR count). The van der Waals surface area contributed by atoms with E-state index in [-0.39, 0.29) is 5.91 Å². The van der Waals surface area contributed by atoms with Crippen LogP contribution in [0.25, 0.3) is 0 Å². The van der Waals surface area contributed by atoms with E-state index in [0.29, 0.717) is 18.5 Å². The molecular weight excluding hydrogens is 188 g/mol. The first kappa shape index (κ1) is 12.5. The number of nitrogens with one attached hydrogen (secondary N) is 2. The molecule has 15 heavy (non-hydrogen) atoms. The number of carbonyl (C=O) groups excluding carboxylic acids is 1. The summed E-state index contributed by atoms with van der Waals surface area (Å²) in [5.41, 5.74) is 0. The minimum atomic E-state index is 0.128. The van der Waals surface area contributed by atoms with Crippen LogP contribution in [0.2, 0.25) is 0 Å². The van der Waals surface area contributed by atoms with Crippen LogP contribution < -0.4 is 10.6 Å². The Morgan fingerprint density at radius 3 is 2.67 bits per heavy atom. The second kappa shape index (κ2) is 6.11. The fourth-order valence-electron chi connectivity index (χ4n) is 2.13. The summed E-state index contributed by atoms with van der Waals surface area (Å²) < 4.78 is 0. The fraction of sp³-hybridized carbons (Fsp3) is 0.917. The molecule has 0 aromatic carbocycles. The molecule has 3 heteroatoms. The lowest BCUT2D eigenvalue weighted by Crippen LogP contribution is -2.39. The number of rotatable bonds is 5. The molecule has 3 nitrogen and oxygen atoms in total. The predicted molar refractivity (Wildman–Crippen MR) is 62.7 cm³/mol. The van der Waals surface area contributed by atoms with Crippen LogP contribution in [0.5, 0.6) is 0 Å². The molecule has 0 spiro atoms. The van der Waals surface area contributed by atoms with Crippen molar-refractivity contribution in [3.8, 4) is 0 Å². The first-order valence-corrected chi connectivity index (χ1v) is 6.09. The molecule has 0 aliphatic heterocycles. The standard InChI is InChI=1S/C12H24N2O/c1-9(2)13-8-12(15)14-7-11-6-4-5-10(11)3/h9-11,13H,4-8H2,1-3H3,(H,14,15). The number of carbonyl (C=O) groups is 1. The van der Waals surface area contributed by atoms with E-state index < -0.39 is 0 Å². The van der Waals surface area contributed by atoms with Crippen molar-refractivity contribution in [1.29, 1.82) is 0 Å². The maximum Gasteiger partial charge on any atom is 0.233 e. The van der Waals surface area contributed by atoms with Crippen molar-refractivity contribution in [2.45, 2.75) is 46.1 Å². The van der Waals surface area contributed by atoms with Crippen LogP contribution in [0, 0.1) is 11.8 Å². The van der Waals surface area contributed by atoms with Gasteiger partial charge in [-0.3, -0.25) is 4.79 Å². The maximum absolute atomic E-state index is 11.4. The van der Waals surface area contributed by atoms with Crippen molar-refractivity contribution in [3.63, 3.8) is 0 Å². The molecule has 2 N–H and O–H groups in total. The van der Waals surface area contributed by atoms with Gasteiger partial charge in [0.2, 0.25) is 5.91 Å². The van der Waals surface area contributed by atoms with Crippen molar-refractivity contribution in [2.75, 3.05) is 13.1 Å². The molecule has 1 saturated carbocycles. The van der Waals surface area contributed by atoms with E-state index in [9.17, 15) is 4.79 Å². The van der Waals surface area contributed by atoms with Crippen molar-refractivity contribution < 1.29 is 4.79 Å². The Hall–Kier alpha value is -0.570. The van der Waals surface area contributed by atoms with Gasteiger partial charge in [-0.2, -0.15) is 0 Å². The average molecular weight is 212 g/mol. The van der Waals surface area contributed by atoms with E-state index >= 15 is 0 Å². The molecule has 1 fully saturated rings. The molecule has 2 unspecified atom stereocenters. The summed E-state index contributed by atoms with van der Waals surface area (Å²) in [5.74, 6) is 1.61. The van der Waals surface area contributed by atoms with Gasteiger partial charge < -0.3 is 10.6 Å². The lowest BCUT2D eigenvalue weighted by molar-refractivity contribution is -0.120. The zero-order valence-corrected chi connectivity index (χ0v) is 10.2. The van der Waals surface area contributed by atoms with Crippen molar-refractivity contribution in [1.82, 2.24) is 10.6 Å². The quantitative estimate of drug-likeness (QED) is 0.726. The van der Waals surface area contributed by atoms with Gasteiger partial charge in [-0.1, -0.05) is 33.6 Å². The number of amides is 1. The molecular formula is C12H24N2O. The summed E-state index contributed by atoms with van der Waals surface area (Å²) in [6.45, 7) is 7.69. The SMILES string of the molecule is CC(C)NCC(=O)NCC1CCCC1C. The maximum atomic E-state index is 11.4. The molecule has 0 aromatic heterocycles. The van der Waals surface area contributed by atoms with E-state index in [1.165, 1.54) is 19.3 Å². The zero-order valence-electron chi connectivity index (χ0n) is 10.2. The van der Waals surface area contributed by atoms with Gasteiger partial charge >= 0.3 is 0 Å². The highest BCUT2D eigenvalue weighted by molar-refractivity contribution is 5.77. The minimum absolute atomic E-state index is 0.128. The lowest BCUT2D eigenvalue weighted by Gasteiger charge is -2.16. The van der Waals surface area contributed by atoms with Gasteiger partial charge in [-0.25, -0.2) is 0 Å². The topological polar surface area (TPSA) is 41.1 Å². The number of hydrogen-bond donors (Lipinski definition) is 2. The van der Waals surface area contributed by atoms with Gasteiger partial charge in [0, 0.05) is 12.6 Å². The van der Waals surface area contributed by atoms with E-state index in [4.69, 9.17) is 0 Å². The van der Waals surface area contributed by atoms with Crippen molar-refractivity contribution in [3.05, 3.63) is 0 Å². The van der Waals surface area contributed by atoms with Crippen LogP contribution in [-0.4, -0.2) is 25.0 Å². The highest BCUT2D eigenvalue weighted by Gasteiger charge is 2.23. The van der Waals surface area contributed by atoms with Crippen LogP contribution in [0.3, 0.4) is 0 Å². The molecule has 1 amide bonds. The third kappa shape index (κ3) is 4.65. The highest BCUT2D eigenvalue weighted by atomic mass is 16.1. The average Bonchev–Trinajstić information content (AvgIpc) is 2.58. The van der Waals surface area contributed by atoms with Gasteiger partial charge in [0.05, 0.1) is 6.54 Å². The van der Waals surface area contributed by atoms with E-state index in [1.807, 2.05) is 13.8 Å². The molecule has 0 saturated heterocycles. The van der Waals surface area contributed by atoms with E-state index in [2.05, 4.69) is 17.6 Å². The Morgan fingerprint density at radius 2 is 2.13 bits per heavy atom. The lowest BCUT2D eigenvalue weighted by atomic mass is 9.98. The van der Waals surface area contributed by atoms with Gasteiger partial charge in [-0.15, -0.1) is 0 Å². The molecule has 0 aromatic rings. The second-order valence-electron chi connectivity index (χ2n) is 5.01. The van der Waals surface area contributed by atoms with E-state index in [1.54, 1.807) is 0 Å². The normalized spacial score (nSPS) is 25.9. The predicted octanol–water partition coefficient (Wildman–Crippen LogP) is 1.54. The summed E-state index contributed by atoms with van der Waals surface area (Å²) in [5, 5.41) is 6.13. The summed E-state index contributed by atoms with van der Waals surface area (Å²) in [6, 6.07) is 0.376. The van der Waals surface area contributed by atoms with Gasteiger partial charge in [0.15, 0.2) is 0 Å². The first-order valence-electron chi connectivity index (χ1n) is 6.09. The molecule has 1 aliphatic rings. The Morgan fingerprint density at radius 1 is 1.40 bits per heavy atom. The molecule has 0 heterocycles. The first-order chi connectivity index (χ1) is 7.09. The highest BCUT2D eigenvalue weighted by Crippen LogP contribution is 2.30. The van der Waals surface area contributed by atoms with Crippen LogP contribution in [0.4, 0.5) is 0 Å². The van der Waals surface area contributed by atoms with Crippen LogP contribution in [0.1, 0.15) is 40.0 Å². The van der Waals surface area contributed by atoms with Crippen LogP contribution in [-0.2, 0) is 4.79 Å². The molecule has 1 aliphatic carbocycles. The molecule has 88 valence electrons. The Balaban J connectivity index is 2.11. The number of hydrogen-bond acceptors (Lipinski definition) is 2. The largest absolute Gasteiger partial charge is 0.355 e. The molecule has 2 atom stereocenters. The summed E-state index contributed by atoms with van der Waals surface area (Å²) in [6.07, 6.45) is 3.93. The fourth-order valence-corrected chi connectivity index (χ4v) is 2.13. The summed E-state index contributed by atoms with van der Waals surface area (Å²) in [4.78, 5) is 11.4. The molecule has 0 bridgehead atoms. The van der Waals surface area contributed by atoms with Gasteiger partial charge in [0.25, 0.3) is 0 Å².